The van der Waals surface area contributed by atoms with E-state index in [1.807, 2.05) is 25.1 Å². The van der Waals surface area contributed by atoms with Gasteiger partial charge < -0.3 is 20.1 Å². The number of benzene rings is 2. The third-order valence-electron chi connectivity index (χ3n) is 5.46. The molecule has 2 aromatic carbocycles. The van der Waals surface area contributed by atoms with Crippen LogP contribution < -0.4 is 20.1 Å². The molecule has 5 rings (SSSR count). The number of carbonyl (C=O) groups is 1. The number of sulfone groups is 1. The lowest BCUT2D eigenvalue weighted by molar-refractivity contribution is 0.262. The van der Waals surface area contributed by atoms with E-state index in [1.165, 1.54) is 30.6 Å². The van der Waals surface area contributed by atoms with Gasteiger partial charge in [-0.3, -0.25) is 0 Å². The van der Waals surface area contributed by atoms with Crippen molar-refractivity contribution in [2.24, 2.45) is 0 Å². The summed E-state index contributed by atoms with van der Waals surface area (Å²) in [6.07, 6.45) is 5.47. The predicted molar refractivity (Wildman–Crippen MR) is 149 cm³/mol. The number of ether oxygens (including phenoxy) is 2. The van der Waals surface area contributed by atoms with Crippen LogP contribution in [0.3, 0.4) is 0 Å². The minimum atomic E-state index is -3.59. The molecule has 0 fully saturated rings. The van der Waals surface area contributed by atoms with Crippen LogP contribution in [0.5, 0.6) is 17.6 Å². The monoisotopic (exact) mass is 579 g/mol. The van der Waals surface area contributed by atoms with Crippen molar-refractivity contribution in [1.82, 2.24) is 24.6 Å². The first-order valence-electron chi connectivity index (χ1n) is 11.8. The molecule has 40 heavy (non-hydrogen) atoms. The number of imidazole rings is 1. The first-order valence-corrected chi connectivity index (χ1v) is 14.1. The Kier molecular flexibility index (Phi) is 7.49. The minimum absolute atomic E-state index is 0.0475. The highest BCUT2D eigenvalue weighted by atomic mass is 35.5. The maximum Gasteiger partial charge on any atom is 0.323 e. The van der Waals surface area contributed by atoms with Gasteiger partial charge in [0, 0.05) is 22.9 Å². The van der Waals surface area contributed by atoms with Gasteiger partial charge in [0.1, 0.15) is 5.75 Å². The van der Waals surface area contributed by atoms with Crippen LogP contribution in [0.2, 0.25) is 5.02 Å². The number of aromatic nitrogens is 5. The number of amides is 2. The summed E-state index contributed by atoms with van der Waals surface area (Å²) in [7, 11) is -3.59. The summed E-state index contributed by atoms with van der Waals surface area (Å²) in [5.74, 6) is 0.998. The number of carbonyl (C=O) groups excluding carboxylic acids is 1. The molecule has 0 radical (unpaired) electrons. The van der Waals surface area contributed by atoms with Crippen molar-refractivity contribution in [3.05, 3.63) is 78.2 Å². The summed E-state index contributed by atoms with van der Waals surface area (Å²) in [5.41, 5.74) is 2.65. The van der Waals surface area contributed by atoms with Gasteiger partial charge in [-0.2, -0.15) is 0 Å². The second-order valence-corrected chi connectivity index (χ2v) is 10.8. The maximum absolute atomic E-state index is 12.4. The van der Waals surface area contributed by atoms with Crippen LogP contribution in [-0.2, 0) is 9.84 Å². The topological polar surface area (TPSA) is 150 Å². The Hall–Kier alpha value is -4.75. The number of fused-ring (bicyclic) bond motifs is 1. The largest absolute Gasteiger partial charge is 0.477 e. The van der Waals surface area contributed by atoms with E-state index < -0.39 is 15.9 Å². The molecular weight excluding hydrogens is 558 g/mol. The Morgan fingerprint density at radius 2 is 1.73 bits per heavy atom. The molecule has 12 nitrogen and oxygen atoms in total. The number of rotatable bonds is 8. The van der Waals surface area contributed by atoms with Crippen LogP contribution in [0.1, 0.15) is 6.92 Å². The molecule has 0 saturated carbocycles. The van der Waals surface area contributed by atoms with E-state index in [2.05, 4.69) is 30.7 Å². The number of hydrogen-bond donors (Lipinski definition) is 2. The molecule has 0 bridgehead atoms. The van der Waals surface area contributed by atoms with Crippen LogP contribution in [0.15, 0.2) is 78.1 Å². The first kappa shape index (κ1) is 26.8. The smallest absolute Gasteiger partial charge is 0.323 e. The number of anilines is 2. The van der Waals surface area contributed by atoms with Gasteiger partial charge in [-0.1, -0.05) is 11.6 Å². The van der Waals surface area contributed by atoms with Gasteiger partial charge >= 0.3 is 12.0 Å². The third-order valence-corrected chi connectivity index (χ3v) is 6.85. The first-order chi connectivity index (χ1) is 19.2. The Morgan fingerprint density at radius 3 is 2.42 bits per heavy atom. The quantitative estimate of drug-likeness (QED) is 0.256. The van der Waals surface area contributed by atoms with Crippen LogP contribution in [0.25, 0.3) is 16.9 Å². The minimum Gasteiger partial charge on any atom is -0.477 e. The SMILES string of the molecule is CCOc1ccc2ncc(-c3ccc(Oc4ncc(NC(=O)Nc5cc(Cl)ccc5S(C)(=O)=O)cn4)cc3)n2n1. The zero-order valence-electron chi connectivity index (χ0n) is 21.2. The van der Waals surface area contributed by atoms with Gasteiger partial charge in [0.2, 0.25) is 5.88 Å². The van der Waals surface area contributed by atoms with E-state index in [0.29, 0.717) is 23.9 Å². The van der Waals surface area contributed by atoms with Gasteiger partial charge in [0.25, 0.3) is 0 Å². The lowest BCUT2D eigenvalue weighted by Gasteiger charge is -2.11. The van der Waals surface area contributed by atoms with E-state index in [9.17, 15) is 13.2 Å². The van der Waals surface area contributed by atoms with Crippen LogP contribution in [-0.4, -0.2) is 51.9 Å². The molecule has 0 saturated heterocycles. The molecule has 0 aliphatic heterocycles. The van der Waals surface area contributed by atoms with Crippen molar-refractivity contribution in [2.45, 2.75) is 11.8 Å². The molecular formula is C26H22ClN7O5S. The van der Waals surface area contributed by atoms with Crippen LogP contribution in [0, 0.1) is 0 Å². The zero-order chi connectivity index (χ0) is 28.3. The van der Waals surface area contributed by atoms with E-state index in [1.54, 1.807) is 28.9 Å². The Balaban J connectivity index is 1.23. The number of halogens is 1. The van der Waals surface area contributed by atoms with Crippen molar-refractivity contribution >= 4 is 44.5 Å². The summed E-state index contributed by atoms with van der Waals surface area (Å²) in [4.78, 5) is 25.0. The summed E-state index contributed by atoms with van der Waals surface area (Å²) < 4.78 is 36.9. The van der Waals surface area contributed by atoms with Crippen molar-refractivity contribution < 1.29 is 22.7 Å². The summed E-state index contributed by atoms with van der Waals surface area (Å²) in [6.45, 7) is 2.40. The third kappa shape index (κ3) is 6.11. The lowest BCUT2D eigenvalue weighted by atomic mass is 10.1. The average Bonchev–Trinajstić information content (AvgIpc) is 3.33. The molecule has 0 atom stereocenters. The molecule has 2 N–H and O–H groups in total. The highest BCUT2D eigenvalue weighted by molar-refractivity contribution is 7.90. The van der Waals surface area contributed by atoms with Gasteiger partial charge in [-0.25, -0.2) is 32.7 Å². The molecule has 0 spiro atoms. The fourth-order valence-corrected chi connectivity index (χ4v) is 4.72. The fraction of sp³-hybridized carbons (Fsp3) is 0.115. The van der Waals surface area contributed by atoms with Gasteiger partial charge in [0.05, 0.1) is 47.2 Å². The number of hydrogen-bond acceptors (Lipinski definition) is 9. The summed E-state index contributed by atoms with van der Waals surface area (Å²) in [5, 5.41) is 9.76. The Bertz CT molecular complexity index is 1790. The second-order valence-electron chi connectivity index (χ2n) is 8.39. The summed E-state index contributed by atoms with van der Waals surface area (Å²) in [6, 6.07) is 14.3. The Labute approximate surface area is 233 Å². The van der Waals surface area contributed by atoms with Crippen molar-refractivity contribution in [3.8, 4) is 28.9 Å². The normalized spacial score (nSPS) is 11.3. The number of urea groups is 1. The fourth-order valence-electron chi connectivity index (χ4n) is 3.72. The standard InChI is InChI=1S/C26H22ClN7O5S/c1-3-38-24-11-10-23-28-15-21(34(23)33-24)16-4-7-19(8-5-16)39-26-29-13-18(14-30-26)31-25(35)32-20-12-17(27)6-9-22(20)40(2,36)37/h4-15H,3H2,1-2H3,(H2,31,32,35). The van der Waals surface area contributed by atoms with Crippen molar-refractivity contribution in [2.75, 3.05) is 23.5 Å². The maximum atomic E-state index is 12.4. The van der Waals surface area contributed by atoms with Gasteiger partial charge in [-0.05, 0) is 55.5 Å². The molecule has 3 aromatic heterocycles. The van der Waals surface area contributed by atoms with Crippen molar-refractivity contribution in [1.29, 1.82) is 0 Å². The van der Waals surface area contributed by atoms with E-state index in [4.69, 9.17) is 21.1 Å². The number of nitrogens with zero attached hydrogens (tertiary/aromatic N) is 5. The second kappa shape index (κ2) is 11.2. The Morgan fingerprint density at radius 1 is 0.975 bits per heavy atom. The number of nitrogens with one attached hydrogen (secondary N) is 2. The van der Waals surface area contributed by atoms with E-state index in [-0.39, 0.29) is 27.3 Å². The summed E-state index contributed by atoms with van der Waals surface area (Å²) >= 11 is 5.96. The molecule has 0 unspecified atom stereocenters. The van der Waals surface area contributed by atoms with E-state index in [0.717, 1.165) is 17.5 Å². The molecule has 14 heteroatoms. The lowest BCUT2D eigenvalue weighted by Crippen LogP contribution is -2.21. The molecule has 0 aliphatic rings. The molecule has 5 aromatic rings. The molecule has 3 heterocycles. The zero-order valence-corrected chi connectivity index (χ0v) is 22.8. The van der Waals surface area contributed by atoms with Gasteiger partial charge in [0.15, 0.2) is 15.5 Å². The molecule has 2 amide bonds. The predicted octanol–water partition coefficient (Wildman–Crippen LogP) is 5.08. The van der Waals surface area contributed by atoms with Crippen LogP contribution >= 0.6 is 11.6 Å². The van der Waals surface area contributed by atoms with Gasteiger partial charge in [-0.15, -0.1) is 5.10 Å². The van der Waals surface area contributed by atoms with Crippen molar-refractivity contribution in [3.63, 3.8) is 0 Å². The van der Waals surface area contributed by atoms with E-state index >= 15 is 0 Å². The highest BCUT2D eigenvalue weighted by Gasteiger charge is 2.16. The molecule has 204 valence electrons. The van der Waals surface area contributed by atoms with Crippen LogP contribution in [0.4, 0.5) is 16.2 Å². The average molecular weight is 580 g/mol. The molecule has 0 aliphatic carbocycles. The highest BCUT2D eigenvalue weighted by Crippen LogP contribution is 2.27.